The van der Waals surface area contributed by atoms with E-state index >= 15 is 0 Å². The first kappa shape index (κ1) is 11.7. The van der Waals surface area contributed by atoms with Gasteiger partial charge in [-0.05, 0) is 24.3 Å². The van der Waals surface area contributed by atoms with Gasteiger partial charge in [0.05, 0.1) is 5.69 Å². The predicted molar refractivity (Wildman–Crippen MR) is 63.3 cm³/mol. The number of nitriles is 1. The number of halogens is 1. The minimum Gasteiger partial charge on any atom is -0.321 e. The van der Waals surface area contributed by atoms with Gasteiger partial charge in [-0.2, -0.15) is 5.26 Å². The maximum atomic E-state index is 13.3. The Kier molecular flexibility index (Phi) is 3.30. The average molecular weight is 241 g/mol. The number of nitrogens with one attached hydrogen (secondary N) is 1. The van der Waals surface area contributed by atoms with Crippen molar-refractivity contribution in [2.24, 2.45) is 0 Å². The van der Waals surface area contributed by atoms with Crippen LogP contribution in [0.2, 0.25) is 0 Å². The van der Waals surface area contributed by atoms with E-state index in [1.807, 2.05) is 0 Å². The molecule has 0 spiro atoms. The minimum atomic E-state index is -0.662. The Hall–Kier alpha value is -2.74. The molecule has 4 nitrogen and oxygen atoms in total. The second-order valence-corrected chi connectivity index (χ2v) is 3.46. The topological polar surface area (TPSA) is 65.8 Å². The molecule has 0 aliphatic heterocycles. The van der Waals surface area contributed by atoms with Crippen LogP contribution in [0, 0.1) is 17.1 Å². The lowest BCUT2D eigenvalue weighted by molar-refractivity contribution is 0.102. The molecule has 2 aromatic rings. The van der Waals surface area contributed by atoms with Crippen LogP contribution in [-0.2, 0) is 0 Å². The van der Waals surface area contributed by atoms with Crippen LogP contribution in [0.15, 0.2) is 42.7 Å². The highest BCUT2D eigenvalue weighted by Gasteiger charge is 2.11. The summed E-state index contributed by atoms with van der Waals surface area (Å²) >= 11 is 0. The Morgan fingerprint density at radius 3 is 2.67 bits per heavy atom. The number of benzene rings is 1. The van der Waals surface area contributed by atoms with E-state index in [0.29, 0.717) is 5.56 Å². The fourth-order valence-electron chi connectivity index (χ4n) is 1.44. The lowest BCUT2D eigenvalue weighted by Crippen LogP contribution is -2.13. The van der Waals surface area contributed by atoms with Crippen LogP contribution in [0.3, 0.4) is 0 Å². The molecule has 0 aliphatic rings. The van der Waals surface area contributed by atoms with Crippen LogP contribution in [0.25, 0.3) is 0 Å². The maximum absolute atomic E-state index is 13.3. The third-order valence-electron chi connectivity index (χ3n) is 2.32. The van der Waals surface area contributed by atoms with Crippen molar-refractivity contribution in [3.63, 3.8) is 0 Å². The fraction of sp³-hybridized carbons (Fsp3) is 0. The first-order valence-electron chi connectivity index (χ1n) is 5.12. The number of aromatic nitrogens is 1. The Morgan fingerprint density at radius 1 is 1.28 bits per heavy atom. The van der Waals surface area contributed by atoms with Crippen LogP contribution >= 0.6 is 0 Å². The summed E-state index contributed by atoms with van der Waals surface area (Å²) in [4.78, 5) is 15.6. The number of nitrogens with zero attached hydrogens (tertiary/aromatic N) is 2. The molecule has 5 heteroatoms. The molecule has 1 amide bonds. The molecular weight excluding hydrogens is 233 g/mol. The van der Waals surface area contributed by atoms with Gasteiger partial charge < -0.3 is 5.32 Å². The van der Waals surface area contributed by atoms with Crippen molar-refractivity contribution in [3.05, 3.63) is 59.7 Å². The van der Waals surface area contributed by atoms with Gasteiger partial charge in [0.1, 0.15) is 17.4 Å². The first-order chi connectivity index (χ1) is 8.72. The molecule has 0 saturated heterocycles. The standard InChI is InChI=1S/C13H8FN3O/c14-11-2-1-3-12(10(11)8-15)17-13(18)9-4-6-16-7-5-9/h1-7H,(H,17,18). The summed E-state index contributed by atoms with van der Waals surface area (Å²) in [5.74, 6) is -1.08. The minimum absolute atomic E-state index is 0.152. The normalized spacial score (nSPS) is 9.56. The van der Waals surface area contributed by atoms with Crippen molar-refractivity contribution in [1.82, 2.24) is 4.98 Å². The third-order valence-corrected chi connectivity index (χ3v) is 2.32. The highest BCUT2D eigenvalue weighted by Crippen LogP contribution is 2.18. The number of hydrogen-bond acceptors (Lipinski definition) is 3. The van der Waals surface area contributed by atoms with Crippen molar-refractivity contribution in [2.45, 2.75) is 0 Å². The van der Waals surface area contributed by atoms with E-state index in [2.05, 4.69) is 10.3 Å². The summed E-state index contributed by atoms with van der Waals surface area (Å²) < 4.78 is 13.3. The SMILES string of the molecule is N#Cc1c(F)cccc1NC(=O)c1ccncc1. The summed E-state index contributed by atoms with van der Waals surface area (Å²) in [5, 5.41) is 11.3. The third kappa shape index (κ3) is 2.33. The van der Waals surface area contributed by atoms with Crippen LogP contribution in [0.1, 0.15) is 15.9 Å². The summed E-state index contributed by atoms with van der Waals surface area (Å²) in [6.45, 7) is 0. The molecule has 0 radical (unpaired) electrons. The van der Waals surface area contributed by atoms with Crippen LogP contribution < -0.4 is 5.32 Å². The van der Waals surface area contributed by atoms with E-state index in [9.17, 15) is 9.18 Å². The van der Waals surface area contributed by atoms with Crippen molar-refractivity contribution in [1.29, 1.82) is 5.26 Å². The quantitative estimate of drug-likeness (QED) is 0.877. The molecule has 18 heavy (non-hydrogen) atoms. The summed E-state index contributed by atoms with van der Waals surface area (Å²) in [6, 6.07) is 8.84. The number of anilines is 1. The van der Waals surface area contributed by atoms with E-state index in [1.54, 1.807) is 6.07 Å². The molecule has 0 saturated carbocycles. The summed E-state index contributed by atoms with van der Waals surface area (Å²) in [6.07, 6.45) is 2.96. The van der Waals surface area contributed by atoms with Gasteiger partial charge in [-0.25, -0.2) is 4.39 Å². The number of carbonyl (C=O) groups excluding carboxylic acids is 1. The van der Waals surface area contributed by atoms with Gasteiger partial charge >= 0.3 is 0 Å². The molecule has 1 aromatic heterocycles. The van der Waals surface area contributed by atoms with Gasteiger partial charge in [0.25, 0.3) is 5.91 Å². The molecule has 0 bridgehead atoms. The second-order valence-electron chi connectivity index (χ2n) is 3.46. The Balaban J connectivity index is 2.29. The van der Waals surface area contributed by atoms with Crippen LogP contribution in [0.5, 0.6) is 0 Å². The number of carbonyl (C=O) groups is 1. The molecule has 1 heterocycles. The van der Waals surface area contributed by atoms with E-state index in [4.69, 9.17) is 5.26 Å². The molecule has 0 fully saturated rings. The monoisotopic (exact) mass is 241 g/mol. The molecule has 0 aliphatic carbocycles. The van der Waals surface area contributed by atoms with Gasteiger partial charge in [-0.3, -0.25) is 9.78 Å². The maximum Gasteiger partial charge on any atom is 0.255 e. The first-order valence-corrected chi connectivity index (χ1v) is 5.12. The van der Waals surface area contributed by atoms with Gasteiger partial charge in [-0.1, -0.05) is 6.07 Å². The zero-order valence-electron chi connectivity index (χ0n) is 9.22. The van der Waals surface area contributed by atoms with Crippen molar-refractivity contribution < 1.29 is 9.18 Å². The molecule has 1 N–H and O–H groups in total. The van der Waals surface area contributed by atoms with Gasteiger partial charge in [0.15, 0.2) is 0 Å². The number of amides is 1. The number of pyridine rings is 1. The van der Waals surface area contributed by atoms with E-state index in [-0.39, 0.29) is 11.3 Å². The van der Waals surface area contributed by atoms with Crippen LogP contribution in [-0.4, -0.2) is 10.9 Å². The van der Waals surface area contributed by atoms with E-state index in [1.165, 1.54) is 42.7 Å². The zero-order chi connectivity index (χ0) is 13.0. The average Bonchev–Trinajstić information content (AvgIpc) is 2.40. The Bertz CT molecular complexity index is 620. The fourth-order valence-corrected chi connectivity index (χ4v) is 1.44. The molecular formula is C13H8FN3O. The van der Waals surface area contributed by atoms with Crippen molar-refractivity contribution >= 4 is 11.6 Å². The number of hydrogen-bond donors (Lipinski definition) is 1. The highest BCUT2D eigenvalue weighted by molar-refractivity contribution is 6.04. The molecule has 1 aromatic carbocycles. The molecule has 0 atom stereocenters. The van der Waals surface area contributed by atoms with E-state index < -0.39 is 11.7 Å². The molecule has 2 rings (SSSR count). The molecule has 0 unspecified atom stereocenters. The van der Waals surface area contributed by atoms with E-state index in [0.717, 1.165) is 0 Å². The predicted octanol–water partition coefficient (Wildman–Crippen LogP) is 2.34. The summed E-state index contributed by atoms with van der Waals surface area (Å²) in [5.41, 5.74) is 0.359. The second kappa shape index (κ2) is 5.06. The lowest BCUT2D eigenvalue weighted by Gasteiger charge is -2.07. The largest absolute Gasteiger partial charge is 0.321 e. The van der Waals surface area contributed by atoms with Crippen LogP contribution in [0.4, 0.5) is 10.1 Å². The Labute approximate surface area is 103 Å². The smallest absolute Gasteiger partial charge is 0.255 e. The highest BCUT2D eigenvalue weighted by atomic mass is 19.1. The molecule has 88 valence electrons. The lowest BCUT2D eigenvalue weighted by atomic mass is 10.1. The van der Waals surface area contributed by atoms with Crippen molar-refractivity contribution in [3.8, 4) is 6.07 Å². The number of rotatable bonds is 2. The van der Waals surface area contributed by atoms with Crippen molar-refractivity contribution in [2.75, 3.05) is 5.32 Å². The van der Waals surface area contributed by atoms with Gasteiger partial charge in [0, 0.05) is 18.0 Å². The summed E-state index contributed by atoms with van der Waals surface area (Å²) in [7, 11) is 0. The van der Waals surface area contributed by atoms with Gasteiger partial charge in [-0.15, -0.1) is 0 Å². The Morgan fingerprint density at radius 2 is 2.00 bits per heavy atom. The zero-order valence-corrected chi connectivity index (χ0v) is 9.22. The van der Waals surface area contributed by atoms with Gasteiger partial charge in [0.2, 0.25) is 0 Å².